The number of hydrogen-bond acceptors (Lipinski definition) is 4. The molecule has 5 heteroatoms. The van der Waals surface area contributed by atoms with E-state index >= 15 is 0 Å². The minimum Gasteiger partial charge on any atom is -0.268 e. The zero-order valence-electron chi connectivity index (χ0n) is 12.2. The van der Waals surface area contributed by atoms with Crippen molar-refractivity contribution in [2.75, 3.05) is 4.90 Å². The van der Waals surface area contributed by atoms with Crippen LogP contribution < -0.4 is 4.90 Å². The maximum Gasteiger partial charge on any atom is 0.270 e. The van der Waals surface area contributed by atoms with E-state index in [1.54, 1.807) is 17.2 Å². The first-order valence-electron chi connectivity index (χ1n) is 6.82. The first-order chi connectivity index (χ1) is 10.5. The lowest BCUT2D eigenvalue weighted by Gasteiger charge is -2.16. The topological polar surface area (TPSA) is 33.2 Å². The average Bonchev–Trinajstić information content (AvgIpc) is 2.73. The number of thiocarbonyl (C=S) groups is 1. The van der Waals surface area contributed by atoms with Crippen molar-refractivity contribution in [2.45, 2.75) is 13.8 Å². The summed E-state index contributed by atoms with van der Waals surface area (Å²) >= 11 is 6.70. The van der Waals surface area contributed by atoms with E-state index in [9.17, 15) is 4.79 Å². The number of carbonyl (C=O) groups excluding carboxylic acids is 1. The van der Waals surface area contributed by atoms with Crippen molar-refractivity contribution in [3.63, 3.8) is 0 Å². The van der Waals surface area contributed by atoms with E-state index in [0.717, 1.165) is 22.5 Å². The molecule has 22 heavy (non-hydrogen) atoms. The van der Waals surface area contributed by atoms with Crippen LogP contribution in [0, 0.1) is 13.8 Å². The van der Waals surface area contributed by atoms with Gasteiger partial charge in [0.05, 0.1) is 16.3 Å². The molecular formula is C17H14N2OS2. The Bertz CT molecular complexity index is 764. The van der Waals surface area contributed by atoms with Crippen molar-refractivity contribution in [1.29, 1.82) is 0 Å². The first kappa shape index (κ1) is 14.9. The summed E-state index contributed by atoms with van der Waals surface area (Å²) in [6.45, 7) is 4.02. The lowest BCUT2D eigenvalue weighted by atomic mass is 10.1. The molecule has 0 unspecified atom stereocenters. The Kier molecular flexibility index (Phi) is 4.09. The fourth-order valence-corrected chi connectivity index (χ4v) is 3.65. The summed E-state index contributed by atoms with van der Waals surface area (Å²) in [5.41, 5.74) is 3.79. The van der Waals surface area contributed by atoms with E-state index in [2.05, 4.69) is 11.1 Å². The Morgan fingerprint density at radius 1 is 1.18 bits per heavy atom. The largest absolute Gasteiger partial charge is 0.270 e. The average molecular weight is 326 g/mol. The van der Waals surface area contributed by atoms with Gasteiger partial charge in [-0.2, -0.15) is 0 Å². The summed E-state index contributed by atoms with van der Waals surface area (Å²) in [6, 6.07) is 11.6. The number of rotatable bonds is 2. The minimum atomic E-state index is -0.0920. The van der Waals surface area contributed by atoms with E-state index in [4.69, 9.17) is 12.2 Å². The number of amides is 1. The molecule has 0 atom stereocenters. The van der Waals surface area contributed by atoms with Gasteiger partial charge in [0.25, 0.3) is 5.91 Å². The fraction of sp³-hybridized carbons (Fsp3) is 0.118. The van der Waals surface area contributed by atoms with Crippen LogP contribution in [0.4, 0.5) is 5.69 Å². The van der Waals surface area contributed by atoms with E-state index < -0.39 is 0 Å². The number of pyridine rings is 1. The third kappa shape index (κ3) is 2.96. The van der Waals surface area contributed by atoms with Gasteiger partial charge in [-0.15, -0.1) is 0 Å². The second-order valence-electron chi connectivity index (χ2n) is 5.12. The standard InChI is InChI=1S/C17H14N2OS2/c1-11-7-12(2)9-14(8-11)19-16(20)15(22-17(19)21)10-13-5-3-4-6-18-13/h3-10H,1-2H3. The summed E-state index contributed by atoms with van der Waals surface area (Å²) in [7, 11) is 0. The van der Waals surface area contributed by atoms with Gasteiger partial charge in [-0.3, -0.25) is 14.7 Å². The van der Waals surface area contributed by atoms with E-state index in [-0.39, 0.29) is 5.91 Å². The molecule has 1 saturated heterocycles. The molecule has 110 valence electrons. The van der Waals surface area contributed by atoms with Crippen LogP contribution in [0.25, 0.3) is 6.08 Å². The van der Waals surface area contributed by atoms with Crippen molar-refractivity contribution in [1.82, 2.24) is 4.98 Å². The summed E-state index contributed by atoms with van der Waals surface area (Å²) in [5, 5.41) is 0. The number of anilines is 1. The molecule has 1 aliphatic heterocycles. The summed E-state index contributed by atoms with van der Waals surface area (Å²) in [4.78, 5) is 19.1. The second kappa shape index (κ2) is 6.02. The SMILES string of the molecule is Cc1cc(C)cc(N2C(=O)C(=Cc3ccccn3)SC2=S)c1. The quantitative estimate of drug-likeness (QED) is 0.614. The van der Waals surface area contributed by atoms with Gasteiger partial charge in [0.2, 0.25) is 0 Å². The molecule has 3 nitrogen and oxygen atoms in total. The van der Waals surface area contributed by atoms with Gasteiger partial charge in [0, 0.05) is 6.20 Å². The molecule has 2 heterocycles. The number of thioether (sulfide) groups is 1. The van der Waals surface area contributed by atoms with Gasteiger partial charge in [0.15, 0.2) is 4.32 Å². The minimum absolute atomic E-state index is 0.0920. The normalized spacial score (nSPS) is 16.6. The second-order valence-corrected chi connectivity index (χ2v) is 6.79. The number of aryl methyl sites for hydroxylation is 2. The summed E-state index contributed by atoms with van der Waals surface area (Å²) in [5.74, 6) is -0.0920. The summed E-state index contributed by atoms with van der Waals surface area (Å²) < 4.78 is 0.553. The Labute approximate surface area is 139 Å². The molecule has 2 aromatic rings. The molecule has 0 spiro atoms. The highest BCUT2D eigenvalue weighted by Crippen LogP contribution is 2.36. The van der Waals surface area contributed by atoms with Crippen LogP contribution in [-0.2, 0) is 4.79 Å². The van der Waals surface area contributed by atoms with Gasteiger partial charge in [-0.1, -0.05) is 36.1 Å². The van der Waals surface area contributed by atoms with Crippen molar-refractivity contribution in [3.05, 3.63) is 64.3 Å². The zero-order valence-corrected chi connectivity index (χ0v) is 13.9. The number of carbonyl (C=O) groups is 1. The predicted octanol–water partition coefficient (Wildman–Crippen LogP) is 4.10. The third-order valence-corrected chi connectivity index (χ3v) is 4.53. The Morgan fingerprint density at radius 2 is 1.91 bits per heavy atom. The lowest BCUT2D eigenvalue weighted by molar-refractivity contribution is -0.113. The van der Waals surface area contributed by atoms with Crippen molar-refractivity contribution < 1.29 is 4.79 Å². The highest BCUT2D eigenvalue weighted by atomic mass is 32.2. The van der Waals surface area contributed by atoms with Crippen LogP contribution in [0.1, 0.15) is 16.8 Å². The molecule has 3 rings (SSSR count). The van der Waals surface area contributed by atoms with Gasteiger partial charge >= 0.3 is 0 Å². The van der Waals surface area contributed by atoms with Crippen LogP contribution in [0.15, 0.2) is 47.5 Å². The molecule has 0 bridgehead atoms. The Hall–Kier alpha value is -1.98. The molecular weight excluding hydrogens is 312 g/mol. The molecule has 0 saturated carbocycles. The molecule has 1 fully saturated rings. The van der Waals surface area contributed by atoms with E-state index in [1.165, 1.54) is 11.8 Å². The van der Waals surface area contributed by atoms with E-state index in [0.29, 0.717) is 9.23 Å². The molecule has 0 N–H and O–H groups in total. The molecule has 0 radical (unpaired) electrons. The molecule has 1 aromatic heterocycles. The smallest absolute Gasteiger partial charge is 0.268 e. The Morgan fingerprint density at radius 3 is 2.55 bits per heavy atom. The number of benzene rings is 1. The number of nitrogens with zero attached hydrogens (tertiary/aromatic N) is 2. The van der Waals surface area contributed by atoms with Crippen LogP contribution in [0.2, 0.25) is 0 Å². The van der Waals surface area contributed by atoms with Crippen LogP contribution >= 0.6 is 24.0 Å². The van der Waals surface area contributed by atoms with E-state index in [1.807, 2.05) is 44.2 Å². The van der Waals surface area contributed by atoms with Gasteiger partial charge in [-0.05, 0) is 55.3 Å². The van der Waals surface area contributed by atoms with Crippen LogP contribution in [0.3, 0.4) is 0 Å². The van der Waals surface area contributed by atoms with Gasteiger partial charge < -0.3 is 0 Å². The maximum atomic E-state index is 12.7. The monoisotopic (exact) mass is 326 g/mol. The molecule has 1 aromatic carbocycles. The third-order valence-electron chi connectivity index (χ3n) is 3.23. The summed E-state index contributed by atoms with van der Waals surface area (Å²) in [6.07, 6.45) is 3.48. The fourth-order valence-electron chi connectivity index (χ4n) is 2.37. The lowest BCUT2D eigenvalue weighted by Crippen LogP contribution is -2.27. The van der Waals surface area contributed by atoms with Crippen molar-refractivity contribution >= 4 is 46.0 Å². The number of hydrogen-bond donors (Lipinski definition) is 0. The molecule has 1 aliphatic rings. The van der Waals surface area contributed by atoms with Crippen molar-refractivity contribution in [2.24, 2.45) is 0 Å². The van der Waals surface area contributed by atoms with Crippen LogP contribution in [-0.4, -0.2) is 15.2 Å². The number of aromatic nitrogens is 1. The molecule has 0 aliphatic carbocycles. The van der Waals surface area contributed by atoms with Crippen LogP contribution in [0.5, 0.6) is 0 Å². The van der Waals surface area contributed by atoms with Gasteiger partial charge in [0.1, 0.15) is 0 Å². The first-order valence-corrected chi connectivity index (χ1v) is 8.04. The van der Waals surface area contributed by atoms with Crippen molar-refractivity contribution in [3.8, 4) is 0 Å². The predicted molar refractivity (Wildman–Crippen MR) is 95.8 cm³/mol. The zero-order chi connectivity index (χ0) is 15.7. The highest BCUT2D eigenvalue weighted by Gasteiger charge is 2.33. The maximum absolute atomic E-state index is 12.7. The Balaban J connectivity index is 1.97. The molecule has 1 amide bonds. The highest BCUT2D eigenvalue weighted by molar-refractivity contribution is 8.27. The van der Waals surface area contributed by atoms with Gasteiger partial charge in [-0.25, -0.2) is 0 Å².